The van der Waals surface area contributed by atoms with Crippen molar-refractivity contribution in [3.05, 3.63) is 76.2 Å². The summed E-state index contributed by atoms with van der Waals surface area (Å²) in [6.45, 7) is 0. The van der Waals surface area contributed by atoms with Gasteiger partial charge in [0.2, 0.25) is 0 Å². The predicted molar refractivity (Wildman–Crippen MR) is 158 cm³/mol. The minimum atomic E-state index is -1.28. The highest BCUT2D eigenvalue weighted by atomic mass is 16.4. The molecule has 3 aromatic rings. The Morgan fingerprint density at radius 2 is 1.39 bits per heavy atom. The van der Waals surface area contributed by atoms with Crippen LogP contribution >= 0.6 is 0 Å². The Morgan fingerprint density at radius 1 is 0.780 bits per heavy atom. The Labute approximate surface area is 240 Å². The van der Waals surface area contributed by atoms with E-state index in [1.165, 1.54) is 51.4 Å². The summed E-state index contributed by atoms with van der Waals surface area (Å²) in [6, 6.07) is 16.2. The molecule has 3 fully saturated rings. The van der Waals surface area contributed by atoms with Gasteiger partial charge in [0.1, 0.15) is 0 Å². The van der Waals surface area contributed by atoms with Gasteiger partial charge in [0.05, 0.1) is 11.0 Å². The van der Waals surface area contributed by atoms with E-state index in [1.54, 1.807) is 34.9 Å². The number of carbonyl (C=O) groups is 2. The van der Waals surface area contributed by atoms with Gasteiger partial charge in [-0.05, 0) is 56.2 Å². The fraction of sp³-hybridized carbons (Fsp3) is 0.515. The standard InChI is InChI=1S/C33H40N4O4/c38-31(35-29(33(40)41)22-12-5-4-6-13-22)30-32(39)37(28-19-10-9-18-27(28)34-30)26-20-24-16-11-17-25(21-26)36(24)23-14-7-2-1-3-8-15-23/h4-6,9-10,12-13,18-19,23-26,29H,1-3,7-8,11,14-17,20-21H2,(H,35,38)(H,40,41)/t24-,25+,26?,29?. The van der Waals surface area contributed by atoms with Gasteiger partial charge < -0.3 is 15.0 Å². The fourth-order valence-electron chi connectivity index (χ4n) is 7.73. The molecule has 8 heteroatoms. The number of hydrogen-bond donors (Lipinski definition) is 2. The van der Waals surface area contributed by atoms with Gasteiger partial charge in [-0.1, -0.05) is 81.0 Å². The molecule has 2 aromatic carbocycles. The van der Waals surface area contributed by atoms with Crippen LogP contribution in [0.15, 0.2) is 59.4 Å². The number of piperidine rings is 2. The molecule has 216 valence electrons. The molecule has 3 aliphatic rings. The monoisotopic (exact) mass is 556 g/mol. The summed E-state index contributed by atoms with van der Waals surface area (Å²) in [6.07, 6.45) is 14.4. The summed E-state index contributed by atoms with van der Waals surface area (Å²) in [7, 11) is 0. The second kappa shape index (κ2) is 12.1. The lowest BCUT2D eigenvalue weighted by molar-refractivity contribution is -0.139. The molecule has 1 aliphatic carbocycles. The van der Waals surface area contributed by atoms with E-state index in [0.29, 0.717) is 29.2 Å². The van der Waals surface area contributed by atoms with Crippen molar-refractivity contribution >= 4 is 22.9 Å². The van der Waals surface area contributed by atoms with Crippen molar-refractivity contribution in [3.63, 3.8) is 0 Å². The van der Waals surface area contributed by atoms with E-state index in [4.69, 9.17) is 0 Å². The lowest BCUT2D eigenvalue weighted by Crippen LogP contribution is -2.57. The first-order chi connectivity index (χ1) is 20.0. The maximum absolute atomic E-state index is 14.1. The molecule has 2 aliphatic heterocycles. The number of aliphatic carboxylic acids is 1. The maximum atomic E-state index is 14.1. The molecular weight excluding hydrogens is 516 g/mol. The minimum absolute atomic E-state index is 0.0357. The normalized spacial score (nSPS) is 24.7. The van der Waals surface area contributed by atoms with E-state index in [9.17, 15) is 19.5 Å². The molecule has 8 nitrogen and oxygen atoms in total. The first-order valence-corrected chi connectivity index (χ1v) is 15.4. The van der Waals surface area contributed by atoms with Crippen molar-refractivity contribution in [2.24, 2.45) is 0 Å². The highest BCUT2D eigenvalue weighted by molar-refractivity contribution is 5.96. The molecular formula is C33H40N4O4. The Kier molecular flexibility index (Phi) is 8.19. The molecule has 41 heavy (non-hydrogen) atoms. The Bertz CT molecular complexity index is 1430. The number of nitrogens with one attached hydrogen (secondary N) is 1. The third kappa shape index (κ3) is 5.67. The largest absolute Gasteiger partial charge is 0.479 e. The molecule has 1 amide bonds. The van der Waals surface area contributed by atoms with Crippen molar-refractivity contribution in [2.75, 3.05) is 0 Å². The van der Waals surface area contributed by atoms with Gasteiger partial charge in [-0.3, -0.25) is 14.5 Å². The number of rotatable bonds is 6. The topological polar surface area (TPSA) is 105 Å². The van der Waals surface area contributed by atoms with Gasteiger partial charge in [0.25, 0.3) is 11.5 Å². The summed E-state index contributed by atoms with van der Waals surface area (Å²) in [4.78, 5) is 46.9. The zero-order valence-corrected chi connectivity index (χ0v) is 23.6. The number of benzene rings is 2. The third-order valence-electron chi connectivity index (χ3n) is 9.53. The van der Waals surface area contributed by atoms with E-state index in [2.05, 4.69) is 15.2 Å². The van der Waals surface area contributed by atoms with Crippen LogP contribution in [0.3, 0.4) is 0 Å². The minimum Gasteiger partial charge on any atom is -0.479 e. The lowest BCUT2D eigenvalue weighted by Gasteiger charge is -2.53. The van der Waals surface area contributed by atoms with Crippen LogP contribution in [0.5, 0.6) is 0 Å². The average molecular weight is 557 g/mol. The van der Waals surface area contributed by atoms with E-state index in [1.807, 2.05) is 24.3 Å². The molecule has 2 unspecified atom stereocenters. The Balaban J connectivity index is 1.33. The molecule has 3 heterocycles. The van der Waals surface area contributed by atoms with Crippen LogP contribution in [0.4, 0.5) is 0 Å². The van der Waals surface area contributed by atoms with Crippen LogP contribution in [-0.2, 0) is 4.79 Å². The Hall–Kier alpha value is -3.52. The van der Waals surface area contributed by atoms with Crippen molar-refractivity contribution < 1.29 is 14.7 Å². The van der Waals surface area contributed by atoms with E-state index in [-0.39, 0.29) is 11.7 Å². The van der Waals surface area contributed by atoms with E-state index >= 15 is 0 Å². The molecule has 0 spiro atoms. The number of aromatic nitrogens is 2. The summed E-state index contributed by atoms with van der Waals surface area (Å²) < 4.78 is 1.80. The second-order valence-corrected chi connectivity index (χ2v) is 12.1. The van der Waals surface area contributed by atoms with Gasteiger partial charge in [-0.25, -0.2) is 9.78 Å². The number of nitrogens with zero attached hydrogens (tertiary/aromatic N) is 3. The molecule has 1 saturated carbocycles. The fourth-order valence-corrected chi connectivity index (χ4v) is 7.73. The average Bonchev–Trinajstić information content (AvgIpc) is 2.95. The number of amides is 1. The highest BCUT2D eigenvalue weighted by Crippen LogP contribution is 2.42. The van der Waals surface area contributed by atoms with E-state index < -0.39 is 23.5 Å². The number of carboxylic acid groups (broad SMARTS) is 1. The number of carboxylic acids is 1. The summed E-state index contributed by atoms with van der Waals surface area (Å²) in [5.41, 5.74) is 1.04. The SMILES string of the molecule is O=C(NC(C(=O)O)c1ccccc1)c1nc2ccccc2n(C2C[C@H]3CCC[C@@H](C2)N3C2CCCCCCC2)c1=O. The summed E-state index contributed by atoms with van der Waals surface area (Å²) in [5, 5.41) is 12.4. The smallest absolute Gasteiger partial charge is 0.330 e. The zero-order valence-electron chi connectivity index (χ0n) is 23.6. The van der Waals surface area contributed by atoms with Crippen molar-refractivity contribution in [1.29, 1.82) is 0 Å². The van der Waals surface area contributed by atoms with Gasteiger partial charge in [0, 0.05) is 24.2 Å². The number of para-hydroxylation sites is 2. The summed E-state index contributed by atoms with van der Waals surface area (Å²) >= 11 is 0. The summed E-state index contributed by atoms with van der Waals surface area (Å²) in [5.74, 6) is -1.96. The zero-order chi connectivity index (χ0) is 28.3. The second-order valence-electron chi connectivity index (χ2n) is 12.1. The number of carbonyl (C=O) groups excluding carboxylic acids is 1. The quantitative estimate of drug-likeness (QED) is 0.408. The van der Waals surface area contributed by atoms with E-state index in [0.717, 1.165) is 31.2 Å². The van der Waals surface area contributed by atoms with Crippen LogP contribution in [0, 0.1) is 0 Å². The third-order valence-corrected chi connectivity index (χ3v) is 9.53. The van der Waals surface area contributed by atoms with Gasteiger partial charge in [-0.15, -0.1) is 0 Å². The first kappa shape index (κ1) is 27.6. The molecule has 0 radical (unpaired) electrons. The lowest BCUT2D eigenvalue weighted by atomic mass is 9.79. The maximum Gasteiger partial charge on any atom is 0.330 e. The Morgan fingerprint density at radius 3 is 2.07 bits per heavy atom. The van der Waals surface area contributed by atoms with Crippen molar-refractivity contribution in [1.82, 2.24) is 19.8 Å². The van der Waals surface area contributed by atoms with Crippen LogP contribution in [0.1, 0.15) is 105 Å². The number of hydrogen-bond acceptors (Lipinski definition) is 5. The highest BCUT2D eigenvalue weighted by Gasteiger charge is 2.42. The molecule has 6 rings (SSSR count). The van der Waals surface area contributed by atoms with Crippen LogP contribution in [-0.4, -0.2) is 49.6 Å². The van der Waals surface area contributed by atoms with Gasteiger partial charge in [-0.2, -0.15) is 0 Å². The van der Waals surface area contributed by atoms with Crippen LogP contribution in [0.25, 0.3) is 11.0 Å². The first-order valence-electron chi connectivity index (χ1n) is 15.4. The predicted octanol–water partition coefficient (Wildman–Crippen LogP) is 5.62. The molecule has 2 saturated heterocycles. The van der Waals surface area contributed by atoms with Gasteiger partial charge >= 0.3 is 5.97 Å². The molecule has 4 atom stereocenters. The number of fused-ring (bicyclic) bond motifs is 3. The van der Waals surface area contributed by atoms with Crippen molar-refractivity contribution in [3.8, 4) is 0 Å². The van der Waals surface area contributed by atoms with Crippen molar-refractivity contribution in [2.45, 2.75) is 107 Å². The molecule has 1 aromatic heterocycles. The van der Waals surface area contributed by atoms with Crippen LogP contribution < -0.4 is 10.9 Å². The molecule has 2 N–H and O–H groups in total. The molecule has 2 bridgehead atoms. The van der Waals surface area contributed by atoms with Crippen LogP contribution in [0.2, 0.25) is 0 Å². The van der Waals surface area contributed by atoms with Gasteiger partial charge in [0.15, 0.2) is 11.7 Å².